The smallest absolute Gasteiger partial charge is 0.171 e. The van der Waals surface area contributed by atoms with Crippen molar-refractivity contribution in [2.45, 2.75) is 0 Å². The first-order valence-corrected chi connectivity index (χ1v) is 20.8. The summed E-state index contributed by atoms with van der Waals surface area (Å²) in [5, 5.41) is 4.76. The largest absolute Gasteiger partial charge is 0.309 e. The van der Waals surface area contributed by atoms with Crippen molar-refractivity contribution in [1.82, 2.24) is 0 Å². The van der Waals surface area contributed by atoms with Crippen LogP contribution < -0.4 is 31.8 Å². The van der Waals surface area contributed by atoms with Crippen molar-refractivity contribution in [3.05, 3.63) is 218 Å². The van der Waals surface area contributed by atoms with Crippen molar-refractivity contribution in [1.29, 1.82) is 0 Å². The summed E-state index contributed by atoms with van der Waals surface area (Å²) < 4.78 is 30.6. The molecule has 0 spiro atoms. The lowest BCUT2D eigenvalue weighted by Crippen LogP contribution is -2.25. The Morgan fingerprint density at radius 3 is 0.788 bits per heavy atom. The molecule has 0 aliphatic carbocycles. The van der Waals surface area contributed by atoms with Gasteiger partial charge in [-0.3, -0.25) is 0 Å². The minimum Gasteiger partial charge on any atom is -0.309 e. The summed E-state index contributed by atoms with van der Waals surface area (Å²) in [6.07, 6.45) is 0. The lowest BCUT2D eigenvalue weighted by atomic mass is 9.93. The Bertz CT molecular complexity index is 2310. The maximum Gasteiger partial charge on any atom is 0.171 e. The van der Waals surface area contributed by atoms with Crippen LogP contribution >= 0.6 is 14.3 Å². The summed E-state index contributed by atoms with van der Waals surface area (Å²) in [5.74, 6) is 0. The highest BCUT2D eigenvalue weighted by Crippen LogP contribution is 2.45. The molecule has 0 aromatic heterocycles. The summed E-state index contributed by atoms with van der Waals surface area (Å²) in [6.45, 7) is 0. The second-order valence-electron chi connectivity index (χ2n) is 12.8. The third kappa shape index (κ3) is 6.33. The van der Waals surface area contributed by atoms with Crippen LogP contribution in [0, 0.1) is 0 Å². The van der Waals surface area contributed by atoms with Gasteiger partial charge in [-0.1, -0.05) is 188 Å². The van der Waals surface area contributed by atoms with Gasteiger partial charge in [0.05, 0.1) is 0 Å². The maximum absolute atomic E-state index is 15.3. The molecule has 2 nitrogen and oxygen atoms in total. The Morgan fingerprint density at radius 1 is 0.212 bits per heavy atom. The molecule has 0 unspecified atom stereocenters. The normalized spacial score (nSPS) is 11.6. The predicted molar refractivity (Wildman–Crippen MR) is 222 cm³/mol. The summed E-state index contributed by atoms with van der Waals surface area (Å²) in [7, 11) is -6.36. The molecule has 8 aromatic carbocycles. The first-order valence-electron chi connectivity index (χ1n) is 17.4. The zero-order valence-corrected chi connectivity index (χ0v) is 30.3. The predicted octanol–water partition coefficient (Wildman–Crippen LogP) is 9.97. The van der Waals surface area contributed by atoms with Crippen molar-refractivity contribution in [3.63, 3.8) is 0 Å². The molecule has 0 saturated carbocycles. The SMILES string of the molecule is O=P(c1ccccc1)(c1ccccc1)c1cccc(-c2cc(-c3ccccc3)cc(-c3cccc(P(=O)(c4ccccc4)c4ccccc4)c3)c2)c1. The van der Waals surface area contributed by atoms with Gasteiger partial charge in [0.15, 0.2) is 14.3 Å². The van der Waals surface area contributed by atoms with Gasteiger partial charge >= 0.3 is 0 Å². The van der Waals surface area contributed by atoms with Gasteiger partial charge in [0.25, 0.3) is 0 Å². The first-order chi connectivity index (χ1) is 25.5. The molecule has 0 fully saturated rings. The molecule has 8 aromatic rings. The Kier molecular flexibility index (Phi) is 9.27. The van der Waals surface area contributed by atoms with Gasteiger partial charge in [-0.05, 0) is 63.7 Å². The highest BCUT2D eigenvalue weighted by molar-refractivity contribution is 7.85. The van der Waals surface area contributed by atoms with E-state index in [-0.39, 0.29) is 0 Å². The lowest BCUT2D eigenvalue weighted by molar-refractivity contribution is 0.591. The molecule has 0 saturated heterocycles. The van der Waals surface area contributed by atoms with E-state index in [4.69, 9.17) is 0 Å². The van der Waals surface area contributed by atoms with E-state index in [9.17, 15) is 0 Å². The van der Waals surface area contributed by atoms with E-state index in [2.05, 4.69) is 66.7 Å². The summed E-state index contributed by atoms with van der Waals surface area (Å²) >= 11 is 0. The zero-order chi connectivity index (χ0) is 35.4. The van der Waals surface area contributed by atoms with Crippen molar-refractivity contribution in [3.8, 4) is 33.4 Å². The van der Waals surface area contributed by atoms with E-state index >= 15 is 9.13 Å². The van der Waals surface area contributed by atoms with Gasteiger partial charge in [-0.25, -0.2) is 0 Å². The van der Waals surface area contributed by atoms with Gasteiger partial charge < -0.3 is 9.13 Å². The molecule has 52 heavy (non-hydrogen) atoms. The van der Waals surface area contributed by atoms with Crippen LogP contribution in [0.25, 0.3) is 33.4 Å². The molecule has 0 radical (unpaired) electrons. The van der Waals surface area contributed by atoms with E-state index in [0.717, 1.165) is 65.2 Å². The molecule has 0 N–H and O–H groups in total. The van der Waals surface area contributed by atoms with Crippen LogP contribution in [0.15, 0.2) is 218 Å². The van der Waals surface area contributed by atoms with Crippen molar-refractivity contribution >= 4 is 46.1 Å². The average molecular weight is 707 g/mol. The topological polar surface area (TPSA) is 34.1 Å². The van der Waals surface area contributed by atoms with Crippen LogP contribution in [0.1, 0.15) is 0 Å². The Morgan fingerprint density at radius 2 is 0.462 bits per heavy atom. The van der Waals surface area contributed by atoms with Crippen LogP contribution in [0.5, 0.6) is 0 Å². The third-order valence-electron chi connectivity index (χ3n) is 9.61. The fraction of sp³-hybridized carbons (Fsp3) is 0. The average Bonchev–Trinajstić information content (AvgIpc) is 3.24. The second-order valence-corrected chi connectivity index (χ2v) is 18.4. The van der Waals surface area contributed by atoms with E-state index in [0.29, 0.717) is 0 Å². The Hall–Kier alpha value is -5.78. The number of hydrogen-bond acceptors (Lipinski definition) is 2. The number of rotatable bonds is 9. The summed E-state index contributed by atoms with van der Waals surface area (Å²) in [6, 6.07) is 72.5. The molecule has 250 valence electrons. The van der Waals surface area contributed by atoms with Crippen molar-refractivity contribution in [2.24, 2.45) is 0 Å². The molecular weight excluding hydrogens is 670 g/mol. The van der Waals surface area contributed by atoms with E-state index in [1.165, 1.54) is 0 Å². The van der Waals surface area contributed by atoms with E-state index in [1.54, 1.807) is 0 Å². The van der Waals surface area contributed by atoms with Crippen LogP contribution in [-0.2, 0) is 9.13 Å². The number of benzene rings is 8. The van der Waals surface area contributed by atoms with Crippen molar-refractivity contribution in [2.75, 3.05) is 0 Å². The fourth-order valence-corrected chi connectivity index (χ4v) is 12.4. The van der Waals surface area contributed by atoms with Gasteiger partial charge in [-0.15, -0.1) is 0 Å². The molecule has 8 rings (SSSR count). The van der Waals surface area contributed by atoms with E-state index < -0.39 is 14.3 Å². The first kappa shape index (κ1) is 33.4. The van der Waals surface area contributed by atoms with Gasteiger partial charge in [-0.2, -0.15) is 0 Å². The van der Waals surface area contributed by atoms with Gasteiger partial charge in [0, 0.05) is 31.8 Å². The van der Waals surface area contributed by atoms with Crippen LogP contribution in [0.2, 0.25) is 0 Å². The quantitative estimate of drug-likeness (QED) is 0.140. The van der Waals surface area contributed by atoms with Crippen LogP contribution in [-0.4, -0.2) is 0 Å². The third-order valence-corrected chi connectivity index (χ3v) is 15.7. The highest BCUT2D eigenvalue weighted by Gasteiger charge is 2.31. The molecule has 0 bridgehead atoms. The van der Waals surface area contributed by atoms with E-state index in [1.807, 2.05) is 152 Å². The van der Waals surface area contributed by atoms with Gasteiger partial charge in [0.2, 0.25) is 0 Å². The minimum absolute atomic E-state index is 0.780. The van der Waals surface area contributed by atoms with Crippen molar-refractivity contribution < 1.29 is 9.13 Å². The lowest BCUT2D eigenvalue weighted by Gasteiger charge is -2.21. The highest BCUT2D eigenvalue weighted by atomic mass is 31.2. The Balaban J connectivity index is 1.30. The molecule has 4 heteroatoms. The Labute approximate surface area is 305 Å². The standard InChI is InChI=1S/C48H36O2P2/c49-51(43-22-8-2-9-23-43,44-24-10-3-11-25-44)47-30-16-20-38(35-47)41-32-40(37-18-6-1-7-19-37)33-42(34-41)39-21-17-31-48(36-39)52(50,45-26-12-4-13-27-45)46-28-14-5-15-29-46/h1-36H. The summed E-state index contributed by atoms with van der Waals surface area (Å²) in [4.78, 5) is 0. The number of hydrogen-bond donors (Lipinski definition) is 0. The van der Waals surface area contributed by atoms with Gasteiger partial charge in [0.1, 0.15) is 0 Å². The molecule has 0 aliphatic heterocycles. The molecule has 0 aliphatic rings. The zero-order valence-electron chi connectivity index (χ0n) is 28.5. The second kappa shape index (κ2) is 14.5. The van der Waals surface area contributed by atoms with Crippen LogP contribution in [0.3, 0.4) is 0 Å². The molecule has 0 amide bonds. The summed E-state index contributed by atoms with van der Waals surface area (Å²) in [5.41, 5.74) is 6.11. The van der Waals surface area contributed by atoms with Crippen LogP contribution in [0.4, 0.5) is 0 Å². The minimum atomic E-state index is -3.18. The maximum atomic E-state index is 15.3. The molecule has 0 heterocycles. The molecular formula is C48H36O2P2. The molecule has 0 atom stereocenters. The monoisotopic (exact) mass is 706 g/mol. The fourth-order valence-electron chi connectivity index (χ4n) is 6.97.